The molecule has 96 valence electrons. The summed E-state index contributed by atoms with van der Waals surface area (Å²) in [7, 11) is 0. The molecule has 1 aromatic rings. The molecule has 1 rings (SSSR count). The molecule has 1 atom stereocenters. The molecule has 1 N–H and O–H groups in total. The van der Waals surface area contributed by atoms with Gasteiger partial charge in [-0.25, -0.2) is 4.39 Å². The zero-order valence-electron chi connectivity index (χ0n) is 10.8. The van der Waals surface area contributed by atoms with E-state index in [1.807, 2.05) is 6.07 Å². The third-order valence-electron chi connectivity index (χ3n) is 2.94. The van der Waals surface area contributed by atoms with Gasteiger partial charge in [0, 0.05) is 10.5 Å². The Labute approximate surface area is 112 Å². The first kappa shape index (κ1) is 14.7. The Hall–Kier alpha value is -0.410. The lowest BCUT2D eigenvalue weighted by atomic mass is 9.96. The third kappa shape index (κ3) is 5.17. The van der Waals surface area contributed by atoms with Crippen LogP contribution in [0.4, 0.5) is 4.39 Å². The second-order valence-corrected chi connectivity index (χ2v) is 5.64. The fourth-order valence-corrected chi connectivity index (χ4v) is 2.52. The smallest absolute Gasteiger partial charge is 0.124 e. The third-order valence-corrected chi connectivity index (χ3v) is 3.40. The normalized spacial score (nSPS) is 13.1. The first-order chi connectivity index (χ1) is 8.02. The number of rotatable bonds is 6. The van der Waals surface area contributed by atoms with Crippen LogP contribution in [-0.4, -0.2) is 12.6 Å². The molecule has 0 bridgehead atoms. The van der Waals surface area contributed by atoms with Gasteiger partial charge in [-0.1, -0.05) is 36.7 Å². The second-order valence-electron chi connectivity index (χ2n) is 4.72. The molecule has 0 aliphatic carbocycles. The first-order valence-corrected chi connectivity index (χ1v) is 7.00. The van der Waals surface area contributed by atoms with Crippen LogP contribution in [0.5, 0.6) is 0 Å². The van der Waals surface area contributed by atoms with Crippen molar-refractivity contribution in [2.45, 2.75) is 39.7 Å². The molecule has 0 heterocycles. The molecular formula is C14H21BrFN. The van der Waals surface area contributed by atoms with E-state index in [-0.39, 0.29) is 5.82 Å². The van der Waals surface area contributed by atoms with Gasteiger partial charge in [0.15, 0.2) is 0 Å². The zero-order chi connectivity index (χ0) is 12.8. The van der Waals surface area contributed by atoms with Crippen LogP contribution >= 0.6 is 15.9 Å². The van der Waals surface area contributed by atoms with Crippen LogP contribution in [0.1, 0.15) is 32.8 Å². The van der Waals surface area contributed by atoms with Gasteiger partial charge in [-0.05, 0) is 49.1 Å². The summed E-state index contributed by atoms with van der Waals surface area (Å²) in [5, 5.41) is 3.48. The SMILES string of the molecule is CCNC(CCc1cc(F)cc(Br)c1)C(C)C. The maximum atomic E-state index is 13.2. The Morgan fingerprint density at radius 2 is 2.00 bits per heavy atom. The average Bonchev–Trinajstić information content (AvgIpc) is 2.22. The van der Waals surface area contributed by atoms with Gasteiger partial charge in [0.2, 0.25) is 0 Å². The van der Waals surface area contributed by atoms with E-state index < -0.39 is 0 Å². The van der Waals surface area contributed by atoms with Crippen LogP contribution in [-0.2, 0) is 6.42 Å². The molecule has 17 heavy (non-hydrogen) atoms. The molecule has 0 amide bonds. The van der Waals surface area contributed by atoms with Crippen molar-refractivity contribution >= 4 is 15.9 Å². The minimum absolute atomic E-state index is 0.168. The Morgan fingerprint density at radius 1 is 1.29 bits per heavy atom. The Bertz CT molecular complexity index is 332. The van der Waals surface area contributed by atoms with Crippen molar-refractivity contribution < 1.29 is 4.39 Å². The summed E-state index contributed by atoms with van der Waals surface area (Å²) in [5.41, 5.74) is 1.06. The fourth-order valence-electron chi connectivity index (χ4n) is 2.01. The zero-order valence-corrected chi connectivity index (χ0v) is 12.3. The van der Waals surface area contributed by atoms with Crippen LogP contribution in [0.25, 0.3) is 0 Å². The van der Waals surface area contributed by atoms with Gasteiger partial charge >= 0.3 is 0 Å². The summed E-state index contributed by atoms with van der Waals surface area (Å²) < 4.78 is 14.0. The highest BCUT2D eigenvalue weighted by Gasteiger charge is 2.12. The van der Waals surface area contributed by atoms with Crippen molar-refractivity contribution in [1.29, 1.82) is 0 Å². The minimum atomic E-state index is -0.168. The first-order valence-electron chi connectivity index (χ1n) is 6.21. The van der Waals surface area contributed by atoms with Gasteiger partial charge in [0.1, 0.15) is 5.82 Å². The van der Waals surface area contributed by atoms with Gasteiger partial charge in [0.05, 0.1) is 0 Å². The van der Waals surface area contributed by atoms with E-state index in [1.165, 1.54) is 6.07 Å². The lowest BCUT2D eigenvalue weighted by molar-refractivity contribution is 0.385. The second kappa shape index (κ2) is 7.12. The molecule has 0 fully saturated rings. The van der Waals surface area contributed by atoms with Crippen molar-refractivity contribution in [1.82, 2.24) is 5.32 Å². The summed E-state index contributed by atoms with van der Waals surface area (Å²) in [6.07, 6.45) is 1.95. The summed E-state index contributed by atoms with van der Waals surface area (Å²) in [5.74, 6) is 0.436. The van der Waals surface area contributed by atoms with Crippen molar-refractivity contribution in [2.24, 2.45) is 5.92 Å². The van der Waals surface area contributed by atoms with E-state index in [0.29, 0.717) is 12.0 Å². The summed E-state index contributed by atoms with van der Waals surface area (Å²) in [6.45, 7) is 7.54. The molecule has 0 aliphatic rings. The van der Waals surface area contributed by atoms with Crippen molar-refractivity contribution in [3.8, 4) is 0 Å². The number of hydrogen-bond donors (Lipinski definition) is 1. The van der Waals surface area contributed by atoms with Crippen molar-refractivity contribution in [3.63, 3.8) is 0 Å². The van der Waals surface area contributed by atoms with Gasteiger partial charge in [0.25, 0.3) is 0 Å². The largest absolute Gasteiger partial charge is 0.314 e. The van der Waals surface area contributed by atoms with Crippen LogP contribution in [0.3, 0.4) is 0 Å². The van der Waals surface area contributed by atoms with Crippen molar-refractivity contribution in [3.05, 3.63) is 34.1 Å². The summed E-state index contributed by atoms with van der Waals surface area (Å²) >= 11 is 3.32. The van der Waals surface area contributed by atoms with E-state index in [2.05, 4.69) is 42.0 Å². The van der Waals surface area contributed by atoms with E-state index in [0.717, 1.165) is 29.4 Å². The van der Waals surface area contributed by atoms with Gasteiger partial charge in [-0.3, -0.25) is 0 Å². The van der Waals surface area contributed by atoms with Crippen LogP contribution in [0.15, 0.2) is 22.7 Å². The molecule has 0 spiro atoms. The van der Waals surface area contributed by atoms with Crippen LogP contribution < -0.4 is 5.32 Å². The number of nitrogens with one attached hydrogen (secondary N) is 1. The molecule has 0 aliphatic heterocycles. The molecule has 3 heteroatoms. The molecule has 0 saturated carbocycles. The molecule has 0 radical (unpaired) electrons. The van der Waals surface area contributed by atoms with E-state index in [1.54, 1.807) is 6.07 Å². The Balaban J connectivity index is 2.58. The Kier molecular flexibility index (Phi) is 6.14. The van der Waals surface area contributed by atoms with Crippen molar-refractivity contribution in [2.75, 3.05) is 6.54 Å². The lowest BCUT2D eigenvalue weighted by Crippen LogP contribution is -2.34. The summed E-state index contributed by atoms with van der Waals surface area (Å²) in [4.78, 5) is 0. The number of halogens is 2. The topological polar surface area (TPSA) is 12.0 Å². The van der Waals surface area contributed by atoms with Gasteiger partial charge < -0.3 is 5.32 Å². The maximum absolute atomic E-state index is 13.2. The predicted molar refractivity (Wildman–Crippen MR) is 74.7 cm³/mol. The number of benzene rings is 1. The lowest BCUT2D eigenvalue weighted by Gasteiger charge is -2.21. The summed E-state index contributed by atoms with van der Waals surface area (Å²) in [6, 6.07) is 5.61. The van der Waals surface area contributed by atoms with Crippen LogP contribution in [0.2, 0.25) is 0 Å². The molecular weight excluding hydrogens is 281 g/mol. The highest BCUT2D eigenvalue weighted by atomic mass is 79.9. The molecule has 1 nitrogen and oxygen atoms in total. The van der Waals surface area contributed by atoms with E-state index >= 15 is 0 Å². The number of hydrogen-bond acceptors (Lipinski definition) is 1. The Morgan fingerprint density at radius 3 is 2.53 bits per heavy atom. The fraction of sp³-hybridized carbons (Fsp3) is 0.571. The quantitative estimate of drug-likeness (QED) is 0.832. The average molecular weight is 302 g/mol. The standard InChI is InChI=1S/C14H21BrFN/c1-4-17-14(10(2)3)6-5-11-7-12(15)9-13(16)8-11/h7-10,14,17H,4-6H2,1-3H3. The van der Waals surface area contributed by atoms with Gasteiger partial charge in [-0.2, -0.15) is 0 Å². The predicted octanol–water partition coefficient (Wildman–Crippen LogP) is 4.15. The molecule has 0 saturated heterocycles. The van der Waals surface area contributed by atoms with Gasteiger partial charge in [-0.15, -0.1) is 0 Å². The van der Waals surface area contributed by atoms with E-state index in [4.69, 9.17) is 0 Å². The monoisotopic (exact) mass is 301 g/mol. The number of aryl methyl sites for hydroxylation is 1. The highest BCUT2D eigenvalue weighted by molar-refractivity contribution is 9.10. The maximum Gasteiger partial charge on any atom is 0.124 e. The molecule has 1 unspecified atom stereocenters. The van der Waals surface area contributed by atoms with E-state index in [9.17, 15) is 4.39 Å². The molecule has 0 aromatic heterocycles. The molecule has 1 aromatic carbocycles. The van der Waals surface area contributed by atoms with Crippen LogP contribution in [0, 0.1) is 11.7 Å². The minimum Gasteiger partial charge on any atom is -0.314 e. The highest BCUT2D eigenvalue weighted by Crippen LogP contribution is 2.17.